The third-order valence-corrected chi connectivity index (χ3v) is 8.93. The van der Waals surface area contributed by atoms with Gasteiger partial charge >= 0.3 is 0 Å². The van der Waals surface area contributed by atoms with Crippen molar-refractivity contribution < 1.29 is 9.59 Å². The summed E-state index contributed by atoms with van der Waals surface area (Å²) in [5, 5.41) is 9.19. The molecule has 2 bridgehead atoms. The van der Waals surface area contributed by atoms with Crippen LogP contribution >= 0.6 is 11.3 Å². The van der Waals surface area contributed by atoms with E-state index < -0.39 is 0 Å². The summed E-state index contributed by atoms with van der Waals surface area (Å²) >= 11 is 1.54. The molecule has 2 aromatic heterocycles. The van der Waals surface area contributed by atoms with Crippen LogP contribution in [0.1, 0.15) is 40.2 Å². The number of rotatable bonds is 6. The third kappa shape index (κ3) is 4.07. The molecule has 0 radical (unpaired) electrons. The number of amides is 2. The monoisotopic (exact) mass is 514 g/mol. The predicted molar refractivity (Wildman–Crippen MR) is 146 cm³/mol. The number of aryl methyl sites for hydroxylation is 1. The van der Waals surface area contributed by atoms with Crippen molar-refractivity contribution in [2.24, 2.45) is 13.0 Å². The van der Waals surface area contributed by atoms with E-state index in [0.717, 1.165) is 45.7 Å². The number of carbonyl (C=O) groups excluding carboxylic acids is 2. The van der Waals surface area contributed by atoms with E-state index >= 15 is 0 Å². The molecule has 3 atom stereocenters. The first-order valence-corrected chi connectivity index (χ1v) is 13.5. The highest BCUT2D eigenvalue weighted by Crippen LogP contribution is 2.44. The molecule has 4 aromatic rings. The number of nitrogens with zero attached hydrogens (tertiary/aromatic N) is 5. The number of nitrogens with one attached hydrogen (secondary N) is 1. The summed E-state index contributed by atoms with van der Waals surface area (Å²) in [5.74, 6) is 0.125. The van der Waals surface area contributed by atoms with Crippen LogP contribution in [0.25, 0.3) is 21.3 Å². The van der Waals surface area contributed by atoms with Crippen molar-refractivity contribution in [1.29, 1.82) is 0 Å². The summed E-state index contributed by atoms with van der Waals surface area (Å²) < 4.78 is 1.73. The van der Waals surface area contributed by atoms with E-state index in [2.05, 4.69) is 10.4 Å². The molecule has 1 aliphatic heterocycles. The zero-order chi connectivity index (χ0) is 25.7. The van der Waals surface area contributed by atoms with E-state index in [4.69, 9.17) is 4.98 Å². The average Bonchev–Trinajstić information content (AvgIpc) is 3.70. The van der Waals surface area contributed by atoms with E-state index in [9.17, 15) is 9.59 Å². The Bertz CT molecular complexity index is 1480. The van der Waals surface area contributed by atoms with Gasteiger partial charge in [-0.3, -0.25) is 14.3 Å². The molecule has 0 spiro atoms. The van der Waals surface area contributed by atoms with Crippen molar-refractivity contribution in [1.82, 2.24) is 25.0 Å². The summed E-state index contributed by atoms with van der Waals surface area (Å²) in [7, 11) is 5.73. The van der Waals surface area contributed by atoms with E-state index in [-0.39, 0.29) is 23.9 Å². The normalized spacial score (nSPS) is 20.5. The summed E-state index contributed by atoms with van der Waals surface area (Å²) in [5.41, 5.74) is 2.82. The van der Waals surface area contributed by atoms with Gasteiger partial charge in [-0.05, 0) is 36.8 Å². The lowest BCUT2D eigenvalue weighted by Gasteiger charge is -2.35. The van der Waals surface area contributed by atoms with Crippen molar-refractivity contribution in [2.45, 2.75) is 31.3 Å². The first kappa shape index (κ1) is 23.7. The minimum absolute atomic E-state index is 0.0436. The Kier molecular flexibility index (Phi) is 5.95. The van der Waals surface area contributed by atoms with Crippen molar-refractivity contribution >= 4 is 39.2 Å². The van der Waals surface area contributed by atoms with Crippen molar-refractivity contribution in [2.75, 3.05) is 25.5 Å². The Morgan fingerprint density at radius 3 is 2.59 bits per heavy atom. The fourth-order valence-corrected chi connectivity index (χ4v) is 6.87. The molecular formula is C28H30N6O2S. The van der Waals surface area contributed by atoms with Crippen LogP contribution in [0, 0.1) is 5.92 Å². The summed E-state index contributed by atoms with van der Waals surface area (Å²) in [4.78, 5) is 36.9. The Labute approximate surface area is 219 Å². The largest absolute Gasteiger partial charge is 0.354 e. The number of anilines is 1. The molecule has 1 aliphatic carbocycles. The van der Waals surface area contributed by atoms with E-state index in [1.807, 2.05) is 85.5 Å². The van der Waals surface area contributed by atoms with E-state index in [1.165, 1.54) is 11.3 Å². The van der Waals surface area contributed by atoms with Gasteiger partial charge in [0.1, 0.15) is 5.69 Å². The molecule has 2 amide bonds. The quantitative estimate of drug-likeness (QED) is 0.417. The number of likely N-dealkylation sites (tertiary alicyclic amines) is 1. The Morgan fingerprint density at radius 1 is 1.05 bits per heavy atom. The fourth-order valence-electron chi connectivity index (χ4n) is 5.89. The minimum Gasteiger partial charge on any atom is -0.354 e. The molecule has 0 unspecified atom stereocenters. The number of para-hydroxylation sites is 1. The van der Waals surface area contributed by atoms with Crippen molar-refractivity contribution in [3.8, 4) is 10.4 Å². The predicted octanol–water partition coefficient (Wildman–Crippen LogP) is 4.19. The molecule has 1 N–H and O–H groups in total. The van der Waals surface area contributed by atoms with Gasteiger partial charge in [0.05, 0.1) is 16.4 Å². The molecule has 2 fully saturated rings. The fraction of sp³-hybridized carbons (Fsp3) is 0.357. The van der Waals surface area contributed by atoms with Crippen LogP contribution in [0.15, 0.2) is 54.6 Å². The van der Waals surface area contributed by atoms with Crippen LogP contribution in [0.3, 0.4) is 0 Å². The minimum atomic E-state index is -0.208. The van der Waals surface area contributed by atoms with Gasteiger partial charge in [-0.25, -0.2) is 4.98 Å². The Balaban J connectivity index is 1.27. The number of hydrogen-bond donors (Lipinski definition) is 1. The summed E-state index contributed by atoms with van der Waals surface area (Å²) in [6.45, 7) is 0.405. The smallest absolute Gasteiger partial charge is 0.274 e. The first-order valence-electron chi connectivity index (χ1n) is 12.7. The van der Waals surface area contributed by atoms with Gasteiger partial charge in [-0.2, -0.15) is 5.10 Å². The number of thiazole rings is 1. The van der Waals surface area contributed by atoms with Crippen molar-refractivity contribution in [3.05, 3.63) is 66.0 Å². The van der Waals surface area contributed by atoms with Crippen LogP contribution in [-0.4, -0.2) is 64.2 Å². The van der Waals surface area contributed by atoms with E-state index in [0.29, 0.717) is 23.9 Å². The zero-order valence-electron chi connectivity index (χ0n) is 21.2. The number of benzene rings is 2. The highest BCUT2D eigenvalue weighted by atomic mass is 32.1. The van der Waals surface area contributed by atoms with Gasteiger partial charge in [0, 0.05) is 39.1 Å². The van der Waals surface area contributed by atoms with Crippen LogP contribution in [-0.2, 0) is 7.05 Å². The molecule has 3 heterocycles. The lowest BCUT2D eigenvalue weighted by atomic mass is 9.98. The SMILES string of the molecule is CN(C)c1nc(C(=O)N2[C@@H]3CC[C@@H](C3)[C@H]2CNC(=O)c2nn(C)c3ccccc23)c(-c2ccccc2)s1. The molecule has 9 heteroatoms. The van der Waals surface area contributed by atoms with E-state index in [1.54, 1.807) is 4.68 Å². The second-order valence-corrected chi connectivity index (χ2v) is 11.1. The molecule has 190 valence electrons. The molecule has 6 rings (SSSR count). The van der Waals surface area contributed by atoms with Crippen LogP contribution < -0.4 is 10.2 Å². The molecule has 2 aromatic carbocycles. The topological polar surface area (TPSA) is 83.4 Å². The van der Waals surface area contributed by atoms with Crippen LogP contribution in [0.4, 0.5) is 5.13 Å². The first-order chi connectivity index (χ1) is 17.9. The number of carbonyl (C=O) groups is 2. The van der Waals surface area contributed by atoms with Gasteiger partial charge in [-0.15, -0.1) is 0 Å². The molecule has 8 nitrogen and oxygen atoms in total. The number of aromatic nitrogens is 3. The third-order valence-electron chi connectivity index (χ3n) is 7.66. The molecule has 1 saturated heterocycles. The Hall–Kier alpha value is -3.72. The van der Waals surface area contributed by atoms with Gasteiger partial charge < -0.3 is 15.1 Å². The maximum atomic E-state index is 14.1. The van der Waals surface area contributed by atoms with Crippen molar-refractivity contribution in [3.63, 3.8) is 0 Å². The zero-order valence-corrected chi connectivity index (χ0v) is 22.0. The lowest BCUT2D eigenvalue weighted by molar-refractivity contribution is 0.0577. The van der Waals surface area contributed by atoms with Crippen LogP contribution in [0.2, 0.25) is 0 Å². The molecule has 37 heavy (non-hydrogen) atoms. The summed E-state index contributed by atoms with van der Waals surface area (Å²) in [6.07, 6.45) is 3.05. The van der Waals surface area contributed by atoms with Gasteiger partial charge in [-0.1, -0.05) is 59.9 Å². The lowest BCUT2D eigenvalue weighted by Crippen LogP contribution is -2.50. The number of hydrogen-bond acceptors (Lipinski definition) is 6. The Morgan fingerprint density at radius 2 is 1.81 bits per heavy atom. The number of piperidine rings is 1. The van der Waals surface area contributed by atoms with Gasteiger partial charge in [0.15, 0.2) is 10.8 Å². The number of fused-ring (bicyclic) bond motifs is 3. The van der Waals surface area contributed by atoms with Gasteiger partial charge in [0.25, 0.3) is 11.8 Å². The molecule has 2 aliphatic rings. The average molecular weight is 515 g/mol. The highest BCUT2D eigenvalue weighted by molar-refractivity contribution is 7.19. The molecule has 1 saturated carbocycles. The second kappa shape index (κ2) is 9.30. The van der Waals surface area contributed by atoms with Crippen LogP contribution in [0.5, 0.6) is 0 Å². The highest BCUT2D eigenvalue weighted by Gasteiger charge is 2.49. The summed E-state index contributed by atoms with van der Waals surface area (Å²) in [6, 6.07) is 17.8. The van der Waals surface area contributed by atoms with Gasteiger partial charge in [0.2, 0.25) is 0 Å². The standard InChI is InChI=1S/C28H30N6O2S/c1-32(2)28-30-24(25(37-28)17-9-5-4-6-10-17)27(36)34-19-14-13-18(15-19)22(34)16-29-26(35)23-20-11-7-8-12-21(20)33(3)31-23/h4-12,18-19,22H,13-16H2,1-3H3,(H,29,35)/t18-,19+,22+/m0/s1. The second-order valence-electron chi connectivity index (χ2n) is 10.1. The maximum Gasteiger partial charge on any atom is 0.274 e. The molecular weight excluding hydrogens is 484 g/mol. The maximum absolute atomic E-state index is 14.1.